The Morgan fingerprint density at radius 3 is 2.71 bits per heavy atom. The zero-order valence-electron chi connectivity index (χ0n) is 13.8. The zero-order valence-corrected chi connectivity index (χ0v) is 13.8. The van der Waals surface area contributed by atoms with E-state index < -0.39 is 0 Å². The number of carbonyl (C=O) groups is 1. The van der Waals surface area contributed by atoms with E-state index in [1.807, 2.05) is 49.4 Å². The van der Waals surface area contributed by atoms with Crippen LogP contribution in [0.1, 0.15) is 24.0 Å². The number of nitrogens with one attached hydrogen (secondary N) is 1. The fourth-order valence-electron chi connectivity index (χ4n) is 2.63. The van der Waals surface area contributed by atoms with Crippen molar-refractivity contribution in [2.24, 2.45) is 0 Å². The Hall–Kier alpha value is -2.88. The highest BCUT2D eigenvalue weighted by atomic mass is 16.5. The van der Waals surface area contributed by atoms with Gasteiger partial charge in [0.2, 0.25) is 5.91 Å². The van der Waals surface area contributed by atoms with Crippen molar-refractivity contribution in [3.8, 4) is 5.75 Å². The van der Waals surface area contributed by atoms with E-state index in [0.29, 0.717) is 6.54 Å². The second kappa shape index (κ2) is 7.13. The van der Waals surface area contributed by atoms with Gasteiger partial charge in [-0.2, -0.15) is 0 Å². The fourth-order valence-corrected chi connectivity index (χ4v) is 2.63. The molecular formula is C20H20N2O2. The Bertz CT molecular complexity index is 847. The molecule has 1 aromatic heterocycles. The predicted molar refractivity (Wildman–Crippen MR) is 95.0 cm³/mol. The van der Waals surface area contributed by atoms with Crippen LogP contribution in [-0.2, 0) is 11.3 Å². The Morgan fingerprint density at radius 1 is 1.17 bits per heavy atom. The molecule has 0 bridgehead atoms. The van der Waals surface area contributed by atoms with E-state index in [2.05, 4.69) is 16.4 Å². The third-order valence-electron chi connectivity index (χ3n) is 4.15. The number of nitrogens with zero attached hydrogens (tertiary/aromatic N) is 1. The molecule has 0 spiro atoms. The van der Waals surface area contributed by atoms with E-state index in [0.717, 1.165) is 27.6 Å². The SMILES string of the molecule is COc1ccc2cc(C(C)C(=O)NCc3cccnc3)ccc2c1. The minimum Gasteiger partial charge on any atom is -0.497 e. The molecular weight excluding hydrogens is 300 g/mol. The number of hydrogen-bond donors (Lipinski definition) is 1. The Labute approximate surface area is 141 Å². The molecule has 2 aromatic carbocycles. The number of benzene rings is 2. The smallest absolute Gasteiger partial charge is 0.227 e. The number of fused-ring (bicyclic) bond motifs is 1. The summed E-state index contributed by atoms with van der Waals surface area (Å²) in [6.07, 6.45) is 3.48. The molecule has 4 nitrogen and oxygen atoms in total. The van der Waals surface area contributed by atoms with Gasteiger partial charge >= 0.3 is 0 Å². The second-order valence-electron chi connectivity index (χ2n) is 5.77. The van der Waals surface area contributed by atoms with Crippen LogP contribution in [0.5, 0.6) is 5.75 Å². The second-order valence-corrected chi connectivity index (χ2v) is 5.77. The van der Waals surface area contributed by atoms with Gasteiger partial charge in [0.15, 0.2) is 0 Å². The van der Waals surface area contributed by atoms with E-state index in [1.54, 1.807) is 19.5 Å². The van der Waals surface area contributed by atoms with Gasteiger partial charge in [0.1, 0.15) is 5.75 Å². The number of pyridine rings is 1. The highest BCUT2D eigenvalue weighted by Gasteiger charge is 2.15. The molecule has 0 aliphatic carbocycles. The first kappa shape index (κ1) is 16.0. The molecule has 1 unspecified atom stereocenters. The van der Waals surface area contributed by atoms with Crippen LogP contribution in [0.3, 0.4) is 0 Å². The Morgan fingerprint density at radius 2 is 1.96 bits per heavy atom. The van der Waals surface area contributed by atoms with Crippen molar-refractivity contribution in [2.75, 3.05) is 7.11 Å². The maximum absolute atomic E-state index is 12.4. The lowest BCUT2D eigenvalue weighted by molar-refractivity contribution is -0.122. The van der Waals surface area contributed by atoms with Crippen molar-refractivity contribution < 1.29 is 9.53 Å². The molecule has 0 aliphatic heterocycles. The van der Waals surface area contributed by atoms with Gasteiger partial charge in [0.25, 0.3) is 0 Å². The summed E-state index contributed by atoms with van der Waals surface area (Å²) in [5.41, 5.74) is 1.99. The molecule has 24 heavy (non-hydrogen) atoms. The van der Waals surface area contributed by atoms with Gasteiger partial charge in [-0.05, 0) is 47.0 Å². The van der Waals surface area contributed by atoms with Gasteiger partial charge in [-0.15, -0.1) is 0 Å². The summed E-state index contributed by atoms with van der Waals surface area (Å²) in [6, 6.07) is 15.8. The highest BCUT2D eigenvalue weighted by Crippen LogP contribution is 2.25. The number of amides is 1. The van der Waals surface area contributed by atoms with Crippen molar-refractivity contribution in [1.82, 2.24) is 10.3 Å². The average molecular weight is 320 g/mol. The van der Waals surface area contributed by atoms with Crippen LogP contribution in [0.2, 0.25) is 0 Å². The lowest BCUT2D eigenvalue weighted by atomic mass is 9.97. The molecule has 1 amide bonds. The first-order chi connectivity index (χ1) is 11.7. The molecule has 0 radical (unpaired) electrons. The summed E-state index contributed by atoms with van der Waals surface area (Å²) in [5.74, 6) is 0.623. The third-order valence-corrected chi connectivity index (χ3v) is 4.15. The summed E-state index contributed by atoms with van der Waals surface area (Å²) in [7, 11) is 1.66. The molecule has 0 aliphatic rings. The largest absolute Gasteiger partial charge is 0.497 e. The fraction of sp³-hybridized carbons (Fsp3) is 0.200. The lowest BCUT2D eigenvalue weighted by Gasteiger charge is -2.13. The van der Waals surface area contributed by atoms with Gasteiger partial charge < -0.3 is 10.1 Å². The monoisotopic (exact) mass is 320 g/mol. The number of aromatic nitrogens is 1. The lowest BCUT2D eigenvalue weighted by Crippen LogP contribution is -2.27. The van der Waals surface area contributed by atoms with E-state index >= 15 is 0 Å². The number of rotatable bonds is 5. The first-order valence-corrected chi connectivity index (χ1v) is 7.91. The quantitative estimate of drug-likeness (QED) is 0.780. The molecule has 0 fully saturated rings. The maximum atomic E-state index is 12.4. The molecule has 0 saturated heterocycles. The number of hydrogen-bond acceptors (Lipinski definition) is 3. The van der Waals surface area contributed by atoms with Gasteiger partial charge in [-0.1, -0.05) is 30.3 Å². The first-order valence-electron chi connectivity index (χ1n) is 7.91. The Balaban J connectivity index is 1.72. The molecule has 1 heterocycles. The summed E-state index contributed by atoms with van der Waals surface area (Å²) >= 11 is 0. The van der Waals surface area contributed by atoms with Gasteiger partial charge in [0.05, 0.1) is 13.0 Å². The van der Waals surface area contributed by atoms with Crippen molar-refractivity contribution >= 4 is 16.7 Å². The standard InChI is InChI=1S/C20H20N2O2/c1-14(20(23)22-13-15-4-3-9-21-12-15)16-5-6-18-11-19(24-2)8-7-17(18)10-16/h3-12,14H,13H2,1-2H3,(H,22,23). The van der Waals surface area contributed by atoms with Crippen LogP contribution in [0.25, 0.3) is 10.8 Å². The van der Waals surface area contributed by atoms with E-state index in [4.69, 9.17) is 4.74 Å². The molecule has 122 valence electrons. The molecule has 3 rings (SSSR count). The minimum atomic E-state index is -0.215. The summed E-state index contributed by atoms with van der Waals surface area (Å²) in [6.45, 7) is 2.41. The predicted octanol–water partition coefficient (Wildman–Crippen LogP) is 3.66. The highest BCUT2D eigenvalue weighted by molar-refractivity contribution is 5.88. The van der Waals surface area contributed by atoms with Crippen LogP contribution in [0.15, 0.2) is 60.9 Å². The molecule has 0 saturated carbocycles. The van der Waals surface area contributed by atoms with E-state index in [-0.39, 0.29) is 11.8 Å². The van der Waals surface area contributed by atoms with Crippen LogP contribution >= 0.6 is 0 Å². The number of carbonyl (C=O) groups excluding carboxylic acids is 1. The van der Waals surface area contributed by atoms with Crippen LogP contribution < -0.4 is 10.1 Å². The van der Waals surface area contributed by atoms with Gasteiger partial charge in [0, 0.05) is 18.9 Å². The van der Waals surface area contributed by atoms with Crippen molar-refractivity contribution in [3.05, 3.63) is 72.1 Å². The summed E-state index contributed by atoms with van der Waals surface area (Å²) in [5, 5.41) is 5.16. The van der Waals surface area contributed by atoms with E-state index in [1.165, 1.54) is 0 Å². The van der Waals surface area contributed by atoms with Gasteiger partial charge in [-0.25, -0.2) is 0 Å². The van der Waals surface area contributed by atoms with Crippen molar-refractivity contribution in [1.29, 1.82) is 0 Å². The molecule has 3 aromatic rings. The Kier molecular flexibility index (Phi) is 4.75. The van der Waals surface area contributed by atoms with Gasteiger partial charge in [-0.3, -0.25) is 9.78 Å². The molecule has 1 N–H and O–H groups in total. The van der Waals surface area contributed by atoms with Crippen LogP contribution in [-0.4, -0.2) is 18.0 Å². The summed E-state index contributed by atoms with van der Waals surface area (Å²) in [4.78, 5) is 16.5. The minimum absolute atomic E-state index is 0.00622. The molecule has 1 atom stereocenters. The zero-order chi connectivity index (χ0) is 16.9. The normalized spacial score (nSPS) is 11.9. The maximum Gasteiger partial charge on any atom is 0.227 e. The third kappa shape index (κ3) is 3.54. The summed E-state index contributed by atoms with van der Waals surface area (Å²) < 4.78 is 5.24. The molecule has 4 heteroatoms. The number of ether oxygens (including phenoxy) is 1. The topological polar surface area (TPSA) is 51.2 Å². The van der Waals surface area contributed by atoms with Crippen molar-refractivity contribution in [2.45, 2.75) is 19.4 Å². The van der Waals surface area contributed by atoms with Crippen LogP contribution in [0, 0.1) is 0 Å². The number of methoxy groups -OCH3 is 1. The van der Waals surface area contributed by atoms with E-state index in [9.17, 15) is 4.79 Å². The van der Waals surface area contributed by atoms with Crippen molar-refractivity contribution in [3.63, 3.8) is 0 Å². The average Bonchev–Trinajstić information content (AvgIpc) is 2.65. The van der Waals surface area contributed by atoms with Crippen LogP contribution in [0.4, 0.5) is 0 Å².